The number of hydrogen-bond acceptors (Lipinski definition) is 4. The highest BCUT2D eigenvalue weighted by Crippen LogP contribution is 2.12. The second kappa shape index (κ2) is 10.5. The van der Waals surface area contributed by atoms with E-state index in [-0.39, 0.29) is 12.3 Å². The number of benzene rings is 2. The standard InChI is InChI=1S/C24H27N3O2/c1-18-7-10-22(26-16-18)15-24(29)27-21-11-8-19(9-12-21)13-14-25-17-23(28)20-5-3-2-4-6-20/h2-12,16,23,25,28H,13-15,17H2,1H3,(H,27,29). The Bertz CT molecular complexity index is 894. The Morgan fingerprint density at radius 3 is 2.48 bits per heavy atom. The highest BCUT2D eigenvalue weighted by Gasteiger charge is 2.07. The van der Waals surface area contributed by atoms with Crippen LogP contribution in [0.5, 0.6) is 0 Å². The van der Waals surface area contributed by atoms with Crippen LogP contribution in [0.15, 0.2) is 72.9 Å². The second-order valence-corrected chi connectivity index (χ2v) is 7.13. The Morgan fingerprint density at radius 1 is 1.03 bits per heavy atom. The molecule has 150 valence electrons. The fraction of sp³-hybridized carbons (Fsp3) is 0.250. The number of pyridine rings is 1. The van der Waals surface area contributed by atoms with Crippen LogP contribution in [0.2, 0.25) is 0 Å². The molecule has 0 aliphatic carbocycles. The molecule has 0 aliphatic rings. The number of carbonyl (C=O) groups is 1. The third-order valence-corrected chi connectivity index (χ3v) is 4.66. The zero-order valence-electron chi connectivity index (χ0n) is 16.6. The van der Waals surface area contributed by atoms with Crippen LogP contribution in [-0.4, -0.2) is 29.1 Å². The van der Waals surface area contributed by atoms with Gasteiger partial charge in [-0.25, -0.2) is 0 Å². The first-order valence-corrected chi connectivity index (χ1v) is 9.84. The molecular weight excluding hydrogens is 362 g/mol. The van der Waals surface area contributed by atoms with Crippen molar-refractivity contribution in [3.05, 3.63) is 95.3 Å². The molecule has 1 heterocycles. The lowest BCUT2D eigenvalue weighted by Gasteiger charge is -2.12. The molecule has 1 amide bonds. The van der Waals surface area contributed by atoms with Gasteiger partial charge in [0.1, 0.15) is 0 Å². The van der Waals surface area contributed by atoms with Crippen LogP contribution in [0.1, 0.15) is 28.5 Å². The minimum absolute atomic E-state index is 0.0781. The summed E-state index contributed by atoms with van der Waals surface area (Å²) in [5.74, 6) is -0.0781. The molecule has 5 nitrogen and oxygen atoms in total. The lowest BCUT2D eigenvalue weighted by atomic mass is 10.1. The van der Waals surface area contributed by atoms with E-state index in [1.165, 1.54) is 5.56 Å². The van der Waals surface area contributed by atoms with E-state index >= 15 is 0 Å². The van der Waals surface area contributed by atoms with Gasteiger partial charge in [-0.3, -0.25) is 9.78 Å². The van der Waals surface area contributed by atoms with Gasteiger partial charge in [-0.2, -0.15) is 0 Å². The first-order chi connectivity index (χ1) is 14.1. The fourth-order valence-corrected chi connectivity index (χ4v) is 2.99. The molecule has 0 saturated carbocycles. The van der Waals surface area contributed by atoms with Crippen LogP contribution < -0.4 is 10.6 Å². The van der Waals surface area contributed by atoms with E-state index in [1.807, 2.05) is 73.7 Å². The van der Waals surface area contributed by atoms with Gasteiger partial charge >= 0.3 is 0 Å². The predicted molar refractivity (Wildman–Crippen MR) is 116 cm³/mol. The van der Waals surface area contributed by atoms with Crippen LogP contribution in [-0.2, 0) is 17.6 Å². The summed E-state index contributed by atoms with van der Waals surface area (Å²) >= 11 is 0. The van der Waals surface area contributed by atoms with Crippen molar-refractivity contribution >= 4 is 11.6 Å². The molecule has 0 saturated heterocycles. The van der Waals surface area contributed by atoms with Gasteiger partial charge in [0.15, 0.2) is 0 Å². The SMILES string of the molecule is Cc1ccc(CC(=O)Nc2ccc(CCNCC(O)c3ccccc3)cc2)nc1. The molecule has 0 radical (unpaired) electrons. The molecule has 3 aromatic rings. The normalized spacial score (nSPS) is 11.8. The lowest BCUT2D eigenvalue weighted by molar-refractivity contribution is -0.115. The summed E-state index contributed by atoms with van der Waals surface area (Å²) in [7, 11) is 0. The molecule has 3 N–H and O–H groups in total. The number of aliphatic hydroxyl groups excluding tert-OH is 1. The van der Waals surface area contributed by atoms with E-state index in [0.29, 0.717) is 6.54 Å². The number of amides is 1. The van der Waals surface area contributed by atoms with Crippen molar-refractivity contribution in [2.75, 3.05) is 18.4 Å². The van der Waals surface area contributed by atoms with Crippen molar-refractivity contribution in [2.45, 2.75) is 25.9 Å². The van der Waals surface area contributed by atoms with Crippen LogP contribution >= 0.6 is 0 Å². The number of aliphatic hydroxyl groups is 1. The second-order valence-electron chi connectivity index (χ2n) is 7.13. The van der Waals surface area contributed by atoms with Crippen molar-refractivity contribution in [1.82, 2.24) is 10.3 Å². The van der Waals surface area contributed by atoms with Gasteiger partial charge < -0.3 is 15.7 Å². The minimum atomic E-state index is -0.503. The maximum absolute atomic E-state index is 12.2. The first-order valence-electron chi connectivity index (χ1n) is 9.84. The van der Waals surface area contributed by atoms with Crippen LogP contribution in [0, 0.1) is 6.92 Å². The van der Waals surface area contributed by atoms with Gasteiger partial charge in [-0.1, -0.05) is 48.5 Å². The molecule has 3 rings (SSSR count). The largest absolute Gasteiger partial charge is 0.387 e. The fourth-order valence-electron chi connectivity index (χ4n) is 2.99. The molecule has 1 aromatic heterocycles. The van der Waals surface area contributed by atoms with E-state index in [0.717, 1.165) is 35.5 Å². The third kappa shape index (κ3) is 6.82. The van der Waals surface area contributed by atoms with E-state index in [2.05, 4.69) is 15.6 Å². The average Bonchev–Trinajstić information content (AvgIpc) is 2.74. The Kier molecular flexibility index (Phi) is 7.50. The Morgan fingerprint density at radius 2 is 1.79 bits per heavy atom. The zero-order chi connectivity index (χ0) is 20.5. The number of rotatable bonds is 9. The smallest absolute Gasteiger partial charge is 0.230 e. The summed E-state index contributed by atoms with van der Waals surface area (Å²) in [5.41, 5.74) is 4.70. The lowest BCUT2D eigenvalue weighted by Crippen LogP contribution is -2.23. The van der Waals surface area contributed by atoms with Crippen LogP contribution in [0.3, 0.4) is 0 Å². The van der Waals surface area contributed by atoms with Crippen LogP contribution in [0.25, 0.3) is 0 Å². The molecule has 0 spiro atoms. The first kappa shape index (κ1) is 20.7. The van der Waals surface area contributed by atoms with Crippen molar-refractivity contribution in [2.24, 2.45) is 0 Å². The van der Waals surface area contributed by atoms with Gasteiger partial charge in [0.05, 0.1) is 12.5 Å². The third-order valence-electron chi connectivity index (χ3n) is 4.66. The van der Waals surface area contributed by atoms with Gasteiger partial charge in [-0.05, 0) is 54.8 Å². The summed E-state index contributed by atoms with van der Waals surface area (Å²) < 4.78 is 0. The molecule has 2 aromatic carbocycles. The number of hydrogen-bond donors (Lipinski definition) is 3. The number of carbonyl (C=O) groups excluding carboxylic acids is 1. The van der Waals surface area contributed by atoms with Gasteiger partial charge in [-0.15, -0.1) is 0 Å². The molecular formula is C24H27N3O2. The summed E-state index contributed by atoms with van der Waals surface area (Å²) in [6.07, 6.45) is 2.38. The molecule has 5 heteroatoms. The molecule has 1 unspecified atom stereocenters. The van der Waals surface area contributed by atoms with Crippen molar-refractivity contribution in [1.29, 1.82) is 0 Å². The van der Waals surface area contributed by atoms with Crippen molar-refractivity contribution in [3.8, 4) is 0 Å². The van der Waals surface area contributed by atoms with Crippen molar-refractivity contribution in [3.63, 3.8) is 0 Å². The van der Waals surface area contributed by atoms with E-state index < -0.39 is 6.10 Å². The van der Waals surface area contributed by atoms with E-state index in [1.54, 1.807) is 6.20 Å². The number of nitrogens with one attached hydrogen (secondary N) is 2. The number of anilines is 1. The van der Waals surface area contributed by atoms with Gasteiger partial charge in [0.2, 0.25) is 5.91 Å². The Balaban J connectivity index is 1.39. The maximum atomic E-state index is 12.2. The maximum Gasteiger partial charge on any atom is 0.230 e. The zero-order valence-corrected chi connectivity index (χ0v) is 16.6. The van der Waals surface area contributed by atoms with Crippen molar-refractivity contribution < 1.29 is 9.90 Å². The van der Waals surface area contributed by atoms with Gasteiger partial charge in [0, 0.05) is 24.1 Å². The van der Waals surface area contributed by atoms with Crippen LogP contribution in [0.4, 0.5) is 5.69 Å². The molecule has 0 fully saturated rings. The Hall–Kier alpha value is -3.02. The molecule has 1 atom stereocenters. The molecule has 29 heavy (non-hydrogen) atoms. The summed E-state index contributed by atoms with van der Waals surface area (Å²) in [6, 6.07) is 21.3. The number of nitrogens with zero attached hydrogens (tertiary/aromatic N) is 1. The summed E-state index contributed by atoms with van der Waals surface area (Å²) in [4.78, 5) is 16.4. The molecule has 0 bridgehead atoms. The van der Waals surface area contributed by atoms with E-state index in [9.17, 15) is 9.90 Å². The quantitative estimate of drug-likeness (QED) is 0.490. The monoisotopic (exact) mass is 389 g/mol. The number of aryl methyl sites for hydroxylation is 1. The van der Waals surface area contributed by atoms with E-state index in [4.69, 9.17) is 0 Å². The molecule has 0 aliphatic heterocycles. The highest BCUT2D eigenvalue weighted by molar-refractivity contribution is 5.92. The summed E-state index contributed by atoms with van der Waals surface area (Å²) in [5, 5.41) is 16.3. The minimum Gasteiger partial charge on any atom is -0.387 e. The Labute approximate surface area is 171 Å². The summed E-state index contributed by atoms with van der Waals surface area (Å²) in [6.45, 7) is 3.26. The van der Waals surface area contributed by atoms with Gasteiger partial charge in [0.25, 0.3) is 0 Å². The topological polar surface area (TPSA) is 74.2 Å². The highest BCUT2D eigenvalue weighted by atomic mass is 16.3. The predicted octanol–water partition coefficient (Wildman–Crippen LogP) is 3.44. The average molecular weight is 389 g/mol. The number of aromatic nitrogens is 1.